The highest BCUT2D eigenvalue weighted by Crippen LogP contribution is 2.26. The van der Waals surface area contributed by atoms with Gasteiger partial charge >= 0.3 is 5.97 Å². The second-order valence-corrected chi connectivity index (χ2v) is 4.01. The molecule has 0 saturated carbocycles. The summed E-state index contributed by atoms with van der Waals surface area (Å²) >= 11 is 0. The smallest absolute Gasteiger partial charge is 0.323 e. The standard InChI is InChI=1S/C13H17NO5/c1-3-6-14(8-12(16)17)13(18)9-4-5-11(19-2)10(15)7-9/h4-5,7,15H,3,6,8H2,1-2H3,(H,16,17). The van der Waals surface area contributed by atoms with E-state index in [4.69, 9.17) is 9.84 Å². The van der Waals surface area contributed by atoms with Crippen molar-refractivity contribution in [2.75, 3.05) is 20.2 Å². The van der Waals surface area contributed by atoms with Crippen molar-refractivity contribution in [3.8, 4) is 11.5 Å². The molecule has 0 bridgehead atoms. The van der Waals surface area contributed by atoms with Gasteiger partial charge in [0.05, 0.1) is 7.11 Å². The minimum absolute atomic E-state index is 0.153. The number of ether oxygens (including phenoxy) is 1. The molecule has 104 valence electrons. The number of phenolic OH excluding ortho intramolecular Hbond substituents is 1. The summed E-state index contributed by atoms with van der Waals surface area (Å²) in [5, 5.41) is 18.4. The summed E-state index contributed by atoms with van der Waals surface area (Å²) in [5.41, 5.74) is 0.230. The molecule has 1 aromatic carbocycles. The maximum absolute atomic E-state index is 12.1. The first-order valence-corrected chi connectivity index (χ1v) is 5.87. The van der Waals surface area contributed by atoms with Gasteiger partial charge in [0.1, 0.15) is 6.54 Å². The summed E-state index contributed by atoms with van der Waals surface area (Å²) in [6, 6.07) is 4.23. The van der Waals surface area contributed by atoms with Crippen LogP contribution in [0.15, 0.2) is 18.2 Å². The number of phenols is 1. The third-order valence-electron chi connectivity index (χ3n) is 2.53. The molecule has 0 atom stereocenters. The second kappa shape index (κ2) is 6.63. The molecule has 0 spiro atoms. The average molecular weight is 267 g/mol. The number of methoxy groups -OCH3 is 1. The van der Waals surface area contributed by atoms with Gasteiger partial charge in [0.25, 0.3) is 5.91 Å². The van der Waals surface area contributed by atoms with Gasteiger partial charge in [-0.1, -0.05) is 6.92 Å². The number of hydrogen-bond acceptors (Lipinski definition) is 4. The highest BCUT2D eigenvalue weighted by atomic mass is 16.5. The maximum Gasteiger partial charge on any atom is 0.323 e. The predicted molar refractivity (Wildman–Crippen MR) is 68.5 cm³/mol. The van der Waals surface area contributed by atoms with Crippen LogP contribution in [0.1, 0.15) is 23.7 Å². The molecule has 1 amide bonds. The van der Waals surface area contributed by atoms with Crippen molar-refractivity contribution < 1.29 is 24.5 Å². The van der Waals surface area contributed by atoms with Crippen molar-refractivity contribution in [2.24, 2.45) is 0 Å². The number of benzene rings is 1. The quantitative estimate of drug-likeness (QED) is 0.812. The Hall–Kier alpha value is -2.24. The lowest BCUT2D eigenvalue weighted by Gasteiger charge is -2.20. The summed E-state index contributed by atoms with van der Waals surface area (Å²) < 4.78 is 4.88. The summed E-state index contributed by atoms with van der Waals surface area (Å²) in [5.74, 6) is -1.39. The van der Waals surface area contributed by atoms with Crippen molar-refractivity contribution in [1.29, 1.82) is 0 Å². The van der Waals surface area contributed by atoms with Gasteiger partial charge < -0.3 is 19.8 Å². The fraction of sp³-hybridized carbons (Fsp3) is 0.385. The minimum atomic E-state index is -1.07. The number of aromatic hydroxyl groups is 1. The normalized spacial score (nSPS) is 10.0. The van der Waals surface area contributed by atoms with Crippen LogP contribution in [0, 0.1) is 0 Å². The SMILES string of the molecule is CCCN(CC(=O)O)C(=O)c1ccc(OC)c(O)c1. The van der Waals surface area contributed by atoms with E-state index in [0.29, 0.717) is 13.0 Å². The van der Waals surface area contributed by atoms with Crippen molar-refractivity contribution in [3.05, 3.63) is 23.8 Å². The van der Waals surface area contributed by atoms with E-state index in [1.807, 2.05) is 6.92 Å². The maximum atomic E-state index is 12.1. The average Bonchev–Trinajstić information content (AvgIpc) is 2.36. The Morgan fingerprint density at radius 3 is 2.53 bits per heavy atom. The van der Waals surface area contributed by atoms with Crippen molar-refractivity contribution in [3.63, 3.8) is 0 Å². The zero-order chi connectivity index (χ0) is 14.4. The van der Waals surface area contributed by atoms with E-state index in [1.54, 1.807) is 0 Å². The fourth-order valence-electron chi connectivity index (χ4n) is 1.69. The number of rotatable bonds is 6. The van der Waals surface area contributed by atoms with E-state index in [9.17, 15) is 14.7 Å². The molecule has 0 heterocycles. The molecule has 0 radical (unpaired) electrons. The summed E-state index contributed by atoms with van der Waals surface area (Å²) in [7, 11) is 1.41. The number of aliphatic carboxylic acids is 1. The number of hydrogen-bond donors (Lipinski definition) is 2. The zero-order valence-electron chi connectivity index (χ0n) is 10.9. The van der Waals surface area contributed by atoms with Crippen LogP contribution in [0.25, 0.3) is 0 Å². The molecule has 0 fully saturated rings. The largest absolute Gasteiger partial charge is 0.504 e. The predicted octanol–water partition coefficient (Wildman–Crippen LogP) is 1.34. The third-order valence-corrected chi connectivity index (χ3v) is 2.53. The van der Waals surface area contributed by atoms with E-state index < -0.39 is 11.9 Å². The number of carbonyl (C=O) groups excluding carboxylic acids is 1. The van der Waals surface area contributed by atoms with Crippen LogP contribution in [0.2, 0.25) is 0 Å². The molecule has 0 unspecified atom stereocenters. The van der Waals surface area contributed by atoms with Crippen LogP contribution in [-0.4, -0.2) is 47.2 Å². The van der Waals surface area contributed by atoms with Crippen LogP contribution in [0.4, 0.5) is 0 Å². The number of amides is 1. The van der Waals surface area contributed by atoms with Gasteiger partial charge in [-0.3, -0.25) is 9.59 Å². The van der Waals surface area contributed by atoms with E-state index in [-0.39, 0.29) is 23.6 Å². The highest BCUT2D eigenvalue weighted by Gasteiger charge is 2.18. The number of carboxylic acids is 1. The topological polar surface area (TPSA) is 87.1 Å². The molecule has 6 heteroatoms. The highest BCUT2D eigenvalue weighted by molar-refractivity contribution is 5.96. The molecule has 6 nitrogen and oxygen atoms in total. The molecule has 0 aliphatic rings. The van der Waals surface area contributed by atoms with Gasteiger partial charge in [0.2, 0.25) is 0 Å². The van der Waals surface area contributed by atoms with Crippen molar-refractivity contribution in [2.45, 2.75) is 13.3 Å². The van der Waals surface area contributed by atoms with Crippen LogP contribution >= 0.6 is 0 Å². The number of carbonyl (C=O) groups is 2. The Morgan fingerprint density at radius 2 is 2.05 bits per heavy atom. The molecule has 0 aliphatic heterocycles. The third kappa shape index (κ3) is 3.87. The van der Waals surface area contributed by atoms with Crippen LogP contribution in [-0.2, 0) is 4.79 Å². The second-order valence-electron chi connectivity index (χ2n) is 4.01. The number of nitrogens with zero attached hydrogens (tertiary/aromatic N) is 1. The zero-order valence-corrected chi connectivity index (χ0v) is 10.9. The Balaban J connectivity index is 2.95. The van der Waals surface area contributed by atoms with Crippen LogP contribution in [0.3, 0.4) is 0 Å². The Labute approximate surface area is 111 Å². The molecule has 1 rings (SSSR count). The lowest BCUT2D eigenvalue weighted by Crippen LogP contribution is -2.36. The molecule has 19 heavy (non-hydrogen) atoms. The molecule has 2 N–H and O–H groups in total. The van der Waals surface area contributed by atoms with Crippen molar-refractivity contribution in [1.82, 2.24) is 4.90 Å². The van der Waals surface area contributed by atoms with E-state index in [2.05, 4.69) is 0 Å². The van der Waals surface area contributed by atoms with Gasteiger partial charge in [-0.2, -0.15) is 0 Å². The fourth-order valence-corrected chi connectivity index (χ4v) is 1.69. The molecular formula is C13H17NO5. The Kier molecular flexibility index (Phi) is 5.17. The Morgan fingerprint density at radius 1 is 1.37 bits per heavy atom. The summed E-state index contributed by atoms with van der Waals surface area (Å²) in [6.45, 7) is 1.84. The first-order valence-electron chi connectivity index (χ1n) is 5.87. The van der Waals surface area contributed by atoms with E-state index in [1.165, 1.54) is 30.2 Å². The van der Waals surface area contributed by atoms with E-state index in [0.717, 1.165) is 0 Å². The minimum Gasteiger partial charge on any atom is -0.504 e. The lowest BCUT2D eigenvalue weighted by molar-refractivity contribution is -0.137. The van der Waals surface area contributed by atoms with Gasteiger partial charge in [0.15, 0.2) is 11.5 Å². The Bertz CT molecular complexity index is 472. The van der Waals surface area contributed by atoms with Gasteiger partial charge in [0, 0.05) is 12.1 Å². The van der Waals surface area contributed by atoms with Gasteiger partial charge in [-0.25, -0.2) is 0 Å². The van der Waals surface area contributed by atoms with Gasteiger partial charge in [-0.05, 0) is 24.6 Å². The van der Waals surface area contributed by atoms with Crippen molar-refractivity contribution >= 4 is 11.9 Å². The van der Waals surface area contributed by atoms with Crippen LogP contribution < -0.4 is 4.74 Å². The molecule has 1 aromatic rings. The van der Waals surface area contributed by atoms with E-state index >= 15 is 0 Å². The first kappa shape index (κ1) is 14.8. The monoisotopic (exact) mass is 267 g/mol. The number of carboxylic acid groups (broad SMARTS) is 1. The summed E-state index contributed by atoms with van der Waals surface area (Å²) in [6.07, 6.45) is 0.654. The van der Waals surface area contributed by atoms with Crippen LogP contribution in [0.5, 0.6) is 11.5 Å². The molecule has 0 aromatic heterocycles. The molecular weight excluding hydrogens is 250 g/mol. The first-order chi connectivity index (χ1) is 8.99. The lowest BCUT2D eigenvalue weighted by atomic mass is 10.1. The molecule has 0 saturated heterocycles. The summed E-state index contributed by atoms with van der Waals surface area (Å²) in [4.78, 5) is 24.1. The molecule has 0 aliphatic carbocycles. The van der Waals surface area contributed by atoms with Gasteiger partial charge in [-0.15, -0.1) is 0 Å².